The number of likely N-dealkylation sites (tertiary alicyclic amines) is 1. The van der Waals surface area contributed by atoms with Crippen LogP contribution in [-0.2, 0) is 32.5 Å². The Kier molecular flexibility index (Phi) is 13.5. The van der Waals surface area contributed by atoms with Crippen molar-refractivity contribution in [3.8, 4) is 29.6 Å². The van der Waals surface area contributed by atoms with E-state index in [0.717, 1.165) is 95.0 Å². The van der Waals surface area contributed by atoms with Gasteiger partial charge in [-0.15, -0.1) is 6.42 Å². The summed E-state index contributed by atoms with van der Waals surface area (Å²) in [5.74, 6) is 2.27. The Morgan fingerprint density at radius 2 is 1.70 bits per heavy atom. The van der Waals surface area contributed by atoms with Gasteiger partial charge in [0.1, 0.15) is 42.1 Å². The Morgan fingerprint density at radius 3 is 2.51 bits per heavy atom. The summed E-state index contributed by atoms with van der Waals surface area (Å²) < 4.78 is 54.6. The number of nitrogens with one attached hydrogen (secondary N) is 1. The van der Waals surface area contributed by atoms with Gasteiger partial charge in [-0.2, -0.15) is 9.97 Å². The molecule has 3 amide bonds. The number of halogens is 2. The van der Waals surface area contributed by atoms with Gasteiger partial charge >= 0.3 is 17.8 Å². The van der Waals surface area contributed by atoms with Crippen LogP contribution < -0.4 is 25.5 Å². The highest BCUT2D eigenvalue weighted by molar-refractivity contribution is 6.03. The summed E-state index contributed by atoms with van der Waals surface area (Å²) in [4.78, 5) is 75.3. The van der Waals surface area contributed by atoms with E-state index in [1.54, 1.807) is 29.8 Å². The molecule has 0 aliphatic carbocycles. The van der Waals surface area contributed by atoms with Gasteiger partial charge in [-0.25, -0.2) is 23.4 Å². The molecule has 7 aliphatic heterocycles. The average molecular weight is 1080 g/mol. The molecule has 1 N–H and O–H groups in total. The maximum Gasteiger partial charge on any atom is 0.409 e. The second kappa shape index (κ2) is 20.8. The second-order valence-corrected chi connectivity index (χ2v) is 23.1. The number of aromatic nitrogens is 5. The van der Waals surface area contributed by atoms with Gasteiger partial charge in [0, 0.05) is 75.5 Å². The van der Waals surface area contributed by atoms with E-state index < -0.39 is 23.6 Å². The fourth-order valence-electron chi connectivity index (χ4n) is 14.5. The van der Waals surface area contributed by atoms with Crippen molar-refractivity contribution in [1.29, 1.82) is 0 Å². The Hall–Kier alpha value is -7.17. The minimum Gasteiger partial charge on any atom is -0.461 e. The number of aryl methyl sites for hydroxylation is 2. The molecular formula is C60H66F2N10O7. The van der Waals surface area contributed by atoms with Crippen molar-refractivity contribution in [3.05, 3.63) is 81.9 Å². The summed E-state index contributed by atoms with van der Waals surface area (Å²) in [7, 11) is 1.73. The first kappa shape index (κ1) is 51.3. The van der Waals surface area contributed by atoms with Crippen molar-refractivity contribution in [3.63, 3.8) is 0 Å². The fraction of sp³-hybridized carbons (Fsp3) is 0.517. The Bertz CT molecular complexity index is 3530. The third-order valence-electron chi connectivity index (χ3n) is 18.7. The van der Waals surface area contributed by atoms with Crippen LogP contribution in [-0.4, -0.2) is 135 Å². The van der Waals surface area contributed by atoms with Crippen molar-refractivity contribution in [2.75, 3.05) is 75.5 Å². The number of hydrogen-bond donors (Lipinski definition) is 1. The van der Waals surface area contributed by atoms with Crippen molar-refractivity contribution < 1.29 is 37.4 Å². The minimum atomic E-state index is -0.711. The number of amides is 3. The quantitative estimate of drug-likeness (QED) is 0.104. The molecule has 13 rings (SSSR count). The second-order valence-electron chi connectivity index (χ2n) is 23.1. The predicted octanol–water partition coefficient (Wildman–Crippen LogP) is 7.81. The van der Waals surface area contributed by atoms with E-state index in [9.17, 15) is 19.2 Å². The molecule has 4 atom stereocenters. The smallest absolute Gasteiger partial charge is 0.409 e. The summed E-state index contributed by atoms with van der Waals surface area (Å²) in [6.45, 7) is 6.42. The highest BCUT2D eigenvalue weighted by atomic mass is 19.1. The zero-order valence-electron chi connectivity index (χ0n) is 44.7. The Balaban J connectivity index is 0.634. The van der Waals surface area contributed by atoms with Gasteiger partial charge in [0.15, 0.2) is 5.82 Å². The van der Waals surface area contributed by atoms with E-state index in [1.807, 2.05) is 29.2 Å². The minimum absolute atomic E-state index is 0.00861. The lowest BCUT2D eigenvalue weighted by Crippen LogP contribution is -2.48. The number of benzene rings is 3. The number of carbonyl (C=O) groups is 3. The maximum absolute atomic E-state index is 17.5. The highest BCUT2D eigenvalue weighted by Gasteiger charge is 2.50. The molecule has 0 saturated carbocycles. The van der Waals surface area contributed by atoms with Gasteiger partial charge in [0.2, 0.25) is 11.8 Å². The molecule has 10 heterocycles. The molecule has 19 heteroatoms. The van der Waals surface area contributed by atoms with Crippen LogP contribution in [0.3, 0.4) is 0 Å². The van der Waals surface area contributed by atoms with Gasteiger partial charge in [-0.05, 0) is 132 Å². The predicted molar refractivity (Wildman–Crippen MR) is 294 cm³/mol. The molecule has 3 aromatic carbocycles. The number of fused-ring (bicyclic) bond motifs is 5. The first-order chi connectivity index (χ1) is 38.4. The van der Waals surface area contributed by atoms with Gasteiger partial charge in [-0.1, -0.05) is 30.2 Å². The topological polar surface area (TPSA) is 169 Å². The molecule has 79 heavy (non-hydrogen) atoms. The molecule has 0 spiro atoms. The molecule has 17 nitrogen and oxygen atoms in total. The van der Waals surface area contributed by atoms with E-state index in [0.29, 0.717) is 116 Å². The third-order valence-corrected chi connectivity index (χ3v) is 18.7. The first-order valence-electron chi connectivity index (χ1n) is 28.5. The van der Waals surface area contributed by atoms with Crippen LogP contribution in [0.1, 0.15) is 101 Å². The highest BCUT2D eigenvalue weighted by Crippen LogP contribution is 2.45. The molecule has 0 bridgehead atoms. The first-order valence-corrected chi connectivity index (χ1v) is 28.5. The summed E-state index contributed by atoms with van der Waals surface area (Å²) in [5, 5.41) is 4.03. The summed E-state index contributed by atoms with van der Waals surface area (Å²) in [6.07, 6.45) is 16.9. The molecule has 3 aromatic heterocycles. The maximum atomic E-state index is 17.5. The largest absolute Gasteiger partial charge is 0.461 e. The normalized spacial score (nSPS) is 24.1. The number of rotatable bonds is 10. The zero-order chi connectivity index (χ0) is 54.1. The lowest BCUT2D eigenvalue weighted by Gasteiger charge is -2.37. The number of ether oxygens (including phenoxy) is 3. The standard InChI is InChI=1S/C60H66F2N10O7/c1-3-42-44(61)12-9-38-7-4-8-43(50(38)42)53-52(62)54-51-45(63-53)13-10-40-33-77-30-6-24-70(40)55(51)66-57(65-54)79-35-60-22-5-25-71(60)41(17-23-60)34-78-59(76)69-28-20-37(21-29-69)31-36-18-26-68(27-19-36)39-11-14-46-48(32-39)67(2)58(75)72(46)47-15-16-49(73)64-56(47)74/h1,4,7-9,11-12,14,32,36-37,40-41,47H,5-6,10,13,15-31,33-35H2,2H3,(H,64,73,74)/t40-,41-,47?,60-/m0/s1. The van der Waals surface area contributed by atoms with Gasteiger partial charge in [0.25, 0.3) is 0 Å². The van der Waals surface area contributed by atoms with E-state index in [2.05, 4.69) is 25.9 Å². The molecule has 6 saturated heterocycles. The van der Waals surface area contributed by atoms with Crippen LogP contribution >= 0.6 is 0 Å². The number of anilines is 2. The average Bonchev–Trinajstić information content (AvgIpc) is 4.24. The Morgan fingerprint density at radius 1 is 0.873 bits per heavy atom. The van der Waals surface area contributed by atoms with E-state index in [-0.39, 0.29) is 64.5 Å². The SMILES string of the molecule is C#Cc1c(F)ccc2cccc(-c3nc4c5c(nc(OC[C@@]67CCCN6[C@H](COC(=O)N6CCC(CC8CCN(c9ccc%10c(c9)n(C)c(=O)n%10C9CCC(=O)NC9=O)CC8)CC6)CC7)nc5c3F)N3CCCOC[C@@H]3CC4)c12. The number of carbonyl (C=O) groups excluding carboxylic acids is 3. The number of terminal acetylenes is 1. The van der Waals surface area contributed by atoms with Crippen molar-refractivity contribution in [2.45, 2.75) is 114 Å². The number of hydrogen-bond acceptors (Lipinski definition) is 13. The number of imide groups is 1. The number of imidazole rings is 1. The zero-order valence-corrected chi connectivity index (χ0v) is 44.7. The van der Waals surface area contributed by atoms with Crippen LogP contribution in [0.15, 0.2) is 53.3 Å². The molecular weight excluding hydrogens is 1010 g/mol. The third kappa shape index (κ3) is 9.21. The van der Waals surface area contributed by atoms with Crippen LogP contribution in [0, 0.1) is 35.8 Å². The monoisotopic (exact) mass is 1080 g/mol. The van der Waals surface area contributed by atoms with Crippen LogP contribution in [0.5, 0.6) is 6.01 Å². The molecule has 6 aromatic rings. The van der Waals surface area contributed by atoms with E-state index in [4.69, 9.17) is 35.6 Å². The molecule has 6 fully saturated rings. The lowest BCUT2D eigenvalue weighted by atomic mass is 9.83. The van der Waals surface area contributed by atoms with E-state index >= 15 is 8.78 Å². The van der Waals surface area contributed by atoms with Crippen LogP contribution in [0.2, 0.25) is 0 Å². The van der Waals surface area contributed by atoms with Crippen molar-refractivity contribution in [1.82, 2.24) is 39.2 Å². The lowest BCUT2D eigenvalue weighted by molar-refractivity contribution is -0.135. The molecule has 0 radical (unpaired) electrons. The van der Waals surface area contributed by atoms with Gasteiger partial charge in [0.05, 0.1) is 45.9 Å². The summed E-state index contributed by atoms with van der Waals surface area (Å²) in [5.41, 5.74) is 3.19. The van der Waals surface area contributed by atoms with Crippen molar-refractivity contribution in [2.24, 2.45) is 18.9 Å². The molecule has 1 unspecified atom stereocenters. The number of pyridine rings is 1. The molecule has 7 aliphatic rings. The van der Waals surface area contributed by atoms with Gasteiger partial charge < -0.3 is 28.9 Å². The number of piperidine rings is 3. The Labute approximate surface area is 456 Å². The van der Waals surface area contributed by atoms with Crippen molar-refractivity contribution >= 4 is 62.1 Å². The molecule has 412 valence electrons. The van der Waals surface area contributed by atoms with Crippen LogP contribution in [0.25, 0.3) is 44.0 Å². The van der Waals surface area contributed by atoms with E-state index in [1.165, 1.54) is 10.6 Å². The van der Waals surface area contributed by atoms with Gasteiger partial charge in [-0.3, -0.25) is 28.9 Å². The van der Waals surface area contributed by atoms with Crippen LogP contribution in [0.4, 0.5) is 25.1 Å². The summed E-state index contributed by atoms with van der Waals surface area (Å²) in [6, 6.07) is 13.7. The number of nitrogens with zero attached hydrogens (tertiary/aromatic N) is 9. The summed E-state index contributed by atoms with van der Waals surface area (Å²) >= 11 is 0. The fourth-order valence-corrected chi connectivity index (χ4v) is 14.5.